The number of carbonyl (C=O) groups is 4. The predicted molar refractivity (Wildman–Crippen MR) is 107 cm³/mol. The molecule has 1 aliphatic rings. The highest BCUT2D eigenvalue weighted by molar-refractivity contribution is 6.31. The summed E-state index contributed by atoms with van der Waals surface area (Å²) in [7, 11) is 0. The molecule has 1 aliphatic heterocycles. The molecule has 0 radical (unpaired) electrons. The normalized spacial score (nSPS) is 13.8. The summed E-state index contributed by atoms with van der Waals surface area (Å²) in [5, 5.41) is 7.45. The van der Waals surface area contributed by atoms with Crippen LogP contribution in [0.1, 0.15) is 5.56 Å². The van der Waals surface area contributed by atoms with Crippen molar-refractivity contribution in [3.8, 4) is 0 Å². The van der Waals surface area contributed by atoms with Crippen LogP contribution in [0.2, 0.25) is 0 Å². The molecule has 2 heterocycles. The van der Waals surface area contributed by atoms with Crippen LogP contribution in [0.25, 0.3) is 17.0 Å². The van der Waals surface area contributed by atoms with Gasteiger partial charge >= 0.3 is 6.03 Å². The average molecular weight is 406 g/mol. The molecule has 5 amide bonds. The number of urea groups is 1. The molecule has 9 heteroatoms. The van der Waals surface area contributed by atoms with Crippen LogP contribution in [0.15, 0.2) is 60.3 Å². The van der Waals surface area contributed by atoms with Crippen LogP contribution in [-0.4, -0.2) is 28.3 Å². The molecule has 0 unspecified atom stereocenters. The van der Waals surface area contributed by atoms with Crippen molar-refractivity contribution < 1.29 is 23.6 Å². The number of aromatic nitrogens is 1. The monoisotopic (exact) mass is 406 g/mol. The van der Waals surface area contributed by atoms with Crippen LogP contribution < -0.4 is 16.0 Å². The van der Waals surface area contributed by atoms with Crippen molar-refractivity contribution in [2.24, 2.45) is 0 Å². The number of fused-ring (bicyclic) bond motifs is 1. The van der Waals surface area contributed by atoms with Gasteiger partial charge in [-0.2, -0.15) is 0 Å². The number of anilines is 1. The first kappa shape index (κ1) is 19.1. The van der Waals surface area contributed by atoms with Crippen molar-refractivity contribution in [1.82, 2.24) is 15.2 Å². The SMILES string of the molecule is O=C(Cn1cc(C=C2C(=O)NC(=O)NC2=O)c2ccccc21)Nc1ccc(F)cc1. The molecule has 1 aromatic heterocycles. The fraction of sp³-hybridized carbons (Fsp3) is 0.0476. The van der Waals surface area contributed by atoms with Crippen molar-refractivity contribution in [2.75, 3.05) is 5.32 Å². The number of carbonyl (C=O) groups excluding carboxylic acids is 4. The molecular formula is C21H15FN4O4. The zero-order valence-electron chi connectivity index (χ0n) is 15.4. The number of hydrogen-bond acceptors (Lipinski definition) is 4. The van der Waals surface area contributed by atoms with E-state index < -0.39 is 23.7 Å². The minimum absolute atomic E-state index is 0.0437. The van der Waals surface area contributed by atoms with E-state index in [9.17, 15) is 23.6 Å². The first-order chi connectivity index (χ1) is 14.4. The maximum atomic E-state index is 13.0. The van der Waals surface area contributed by atoms with E-state index in [1.165, 1.54) is 30.3 Å². The number of nitrogens with zero attached hydrogens (tertiary/aromatic N) is 1. The van der Waals surface area contributed by atoms with Gasteiger partial charge in [0.1, 0.15) is 17.9 Å². The lowest BCUT2D eigenvalue weighted by Gasteiger charge is -2.13. The average Bonchev–Trinajstić information content (AvgIpc) is 3.04. The summed E-state index contributed by atoms with van der Waals surface area (Å²) in [6.07, 6.45) is 3.01. The molecule has 0 bridgehead atoms. The van der Waals surface area contributed by atoms with Gasteiger partial charge in [0.05, 0.1) is 0 Å². The lowest BCUT2D eigenvalue weighted by molar-refractivity contribution is -0.124. The van der Waals surface area contributed by atoms with Gasteiger partial charge < -0.3 is 9.88 Å². The number of halogens is 1. The lowest BCUT2D eigenvalue weighted by Crippen LogP contribution is -2.51. The minimum atomic E-state index is -0.873. The van der Waals surface area contributed by atoms with Crippen LogP contribution in [0.4, 0.5) is 14.9 Å². The molecule has 0 saturated carbocycles. The zero-order valence-corrected chi connectivity index (χ0v) is 15.4. The Kier molecular flexibility index (Phi) is 4.85. The summed E-state index contributed by atoms with van der Waals surface area (Å²) in [6, 6.07) is 11.7. The van der Waals surface area contributed by atoms with Crippen molar-refractivity contribution in [1.29, 1.82) is 0 Å². The summed E-state index contributed by atoms with van der Waals surface area (Å²) in [4.78, 5) is 47.7. The molecule has 0 aliphatic carbocycles. The molecule has 1 fully saturated rings. The van der Waals surface area contributed by atoms with Gasteiger partial charge in [-0.1, -0.05) is 18.2 Å². The van der Waals surface area contributed by atoms with Crippen LogP contribution >= 0.6 is 0 Å². The number of benzene rings is 2. The van der Waals surface area contributed by atoms with Crippen molar-refractivity contribution >= 4 is 46.4 Å². The number of hydrogen-bond donors (Lipinski definition) is 3. The zero-order chi connectivity index (χ0) is 21.3. The first-order valence-corrected chi connectivity index (χ1v) is 8.92. The molecular weight excluding hydrogens is 391 g/mol. The van der Waals surface area contributed by atoms with E-state index in [-0.39, 0.29) is 18.0 Å². The Balaban J connectivity index is 1.64. The number of nitrogens with one attached hydrogen (secondary N) is 3. The topological polar surface area (TPSA) is 109 Å². The highest BCUT2D eigenvalue weighted by Gasteiger charge is 2.28. The molecule has 30 heavy (non-hydrogen) atoms. The van der Waals surface area contributed by atoms with Crippen LogP contribution in [0, 0.1) is 5.82 Å². The summed E-state index contributed by atoms with van der Waals surface area (Å²) in [6.45, 7) is -0.0437. The van der Waals surface area contributed by atoms with Gasteiger partial charge in [-0.3, -0.25) is 25.0 Å². The maximum Gasteiger partial charge on any atom is 0.328 e. The quantitative estimate of drug-likeness (QED) is 0.456. The molecule has 0 spiro atoms. The van der Waals surface area contributed by atoms with Gasteiger partial charge in [0.15, 0.2) is 0 Å². The van der Waals surface area contributed by atoms with Crippen LogP contribution in [0.3, 0.4) is 0 Å². The van der Waals surface area contributed by atoms with Crippen LogP contribution in [-0.2, 0) is 20.9 Å². The van der Waals surface area contributed by atoms with E-state index in [4.69, 9.17) is 0 Å². The number of barbiturate groups is 1. The van der Waals surface area contributed by atoms with Gasteiger partial charge in [0.2, 0.25) is 5.91 Å². The van der Waals surface area contributed by atoms with Crippen molar-refractivity contribution in [3.63, 3.8) is 0 Å². The number of amides is 5. The second-order valence-corrected chi connectivity index (χ2v) is 6.58. The van der Waals surface area contributed by atoms with Gasteiger partial charge in [-0.05, 0) is 36.4 Å². The standard InChI is InChI=1S/C21H15FN4O4/c22-13-5-7-14(8-6-13)23-18(27)11-26-10-12(15-3-1-2-4-17(15)26)9-16-19(28)24-21(30)25-20(16)29/h1-10H,11H2,(H,23,27)(H2,24,25,28,29,30). The number of para-hydroxylation sites is 1. The van der Waals surface area contributed by atoms with Gasteiger partial charge in [0.25, 0.3) is 11.8 Å². The van der Waals surface area contributed by atoms with Gasteiger partial charge in [0, 0.05) is 28.4 Å². The van der Waals surface area contributed by atoms with E-state index in [1.54, 1.807) is 35.0 Å². The largest absolute Gasteiger partial charge is 0.337 e. The molecule has 3 N–H and O–H groups in total. The fourth-order valence-corrected chi connectivity index (χ4v) is 3.17. The Hall–Kier alpha value is -4.27. The predicted octanol–water partition coefficient (Wildman–Crippen LogP) is 2.17. The van der Waals surface area contributed by atoms with E-state index in [1.807, 2.05) is 10.6 Å². The Morgan fingerprint density at radius 1 is 1.00 bits per heavy atom. The molecule has 3 aromatic rings. The third-order valence-corrected chi connectivity index (χ3v) is 4.50. The minimum Gasteiger partial charge on any atom is -0.337 e. The third kappa shape index (κ3) is 3.81. The lowest BCUT2D eigenvalue weighted by atomic mass is 10.1. The van der Waals surface area contributed by atoms with Gasteiger partial charge in [-0.25, -0.2) is 9.18 Å². The highest BCUT2D eigenvalue weighted by Crippen LogP contribution is 2.24. The number of imide groups is 2. The van der Waals surface area contributed by atoms with Crippen molar-refractivity contribution in [2.45, 2.75) is 6.54 Å². The summed E-state index contributed by atoms with van der Waals surface area (Å²) >= 11 is 0. The first-order valence-electron chi connectivity index (χ1n) is 8.92. The van der Waals surface area contributed by atoms with Crippen LogP contribution in [0.5, 0.6) is 0 Å². The Labute approximate surface area is 169 Å². The molecule has 1 saturated heterocycles. The Bertz CT molecular complexity index is 1210. The molecule has 150 valence electrons. The van der Waals surface area contributed by atoms with E-state index in [0.29, 0.717) is 16.8 Å². The van der Waals surface area contributed by atoms with Gasteiger partial charge in [-0.15, -0.1) is 0 Å². The van der Waals surface area contributed by atoms with E-state index in [2.05, 4.69) is 5.32 Å². The maximum absolute atomic E-state index is 13.0. The van der Waals surface area contributed by atoms with E-state index in [0.717, 1.165) is 5.39 Å². The molecule has 0 atom stereocenters. The summed E-state index contributed by atoms with van der Waals surface area (Å²) in [5.74, 6) is -2.33. The molecule has 2 aromatic carbocycles. The number of rotatable bonds is 4. The third-order valence-electron chi connectivity index (χ3n) is 4.50. The Morgan fingerprint density at radius 2 is 1.67 bits per heavy atom. The van der Waals surface area contributed by atoms with Crippen molar-refractivity contribution in [3.05, 3.63) is 71.7 Å². The highest BCUT2D eigenvalue weighted by atomic mass is 19.1. The summed E-state index contributed by atoms with van der Waals surface area (Å²) < 4.78 is 14.7. The molecule has 8 nitrogen and oxygen atoms in total. The molecule has 4 rings (SSSR count). The second kappa shape index (κ2) is 7.63. The summed E-state index contributed by atoms with van der Waals surface area (Å²) in [5.41, 5.74) is 1.50. The smallest absolute Gasteiger partial charge is 0.328 e. The van der Waals surface area contributed by atoms with E-state index >= 15 is 0 Å². The second-order valence-electron chi connectivity index (χ2n) is 6.58. The fourth-order valence-electron chi connectivity index (χ4n) is 3.17. The Morgan fingerprint density at radius 3 is 2.37 bits per heavy atom.